The van der Waals surface area contributed by atoms with Crippen molar-refractivity contribution in [2.24, 2.45) is 0 Å². The first kappa shape index (κ1) is 6.85. The number of aryl methyl sites for hydroxylation is 1. The molecule has 1 aromatic heterocycles. The SMILES string of the molecule is Cc1nc2n(c1Cl)CCC2=O. The monoisotopic (exact) mass is 170 g/mol. The smallest absolute Gasteiger partial charge is 0.200 e. The molecule has 1 aromatic rings. The van der Waals surface area contributed by atoms with Crippen molar-refractivity contribution < 1.29 is 4.79 Å². The van der Waals surface area contributed by atoms with Crippen LogP contribution in [-0.2, 0) is 6.54 Å². The number of rotatable bonds is 0. The first-order chi connectivity index (χ1) is 5.20. The maximum atomic E-state index is 11.1. The number of imidazole rings is 1. The van der Waals surface area contributed by atoms with Crippen molar-refractivity contribution in [3.63, 3.8) is 0 Å². The Morgan fingerprint density at radius 3 is 3.00 bits per heavy atom. The van der Waals surface area contributed by atoms with Crippen LogP contribution >= 0.6 is 11.6 Å². The van der Waals surface area contributed by atoms with Crippen molar-refractivity contribution in [1.82, 2.24) is 9.55 Å². The maximum Gasteiger partial charge on any atom is 0.200 e. The van der Waals surface area contributed by atoms with Crippen LogP contribution in [0.5, 0.6) is 0 Å². The topological polar surface area (TPSA) is 34.9 Å². The highest BCUT2D eigenvalue weighted by atomic mass is 35.5. The van der Waals surface area contributed by atoms with Gasteiger partial charge in [0, 0.05) is 13.0 Å². The highest BCUT2D eigenvalue weighted by molar-refractivity contribution is 6.30. The van der Waals surface area contributed by atoms with Gasteiger partial charge in [0.2, 0.25) is 0 Å². The molecule has 0 unspecified atom stereocenters. The summed E-state index contributed by atoms with van der Waals surface area (Å²) < 4.78 is 1.76. The quantitative estimate of drug-likeness (QED) is 0.591. The highest BCUT2D eigenvalue weighted by Gasteiger charge is 2.24. The first-order valence-corrected chi connectivity index (χ1v) is 3.84. The largest absolute Gasteiger partial charge is 0.312 e. The van der Waals surface area contributed by atoms with Crippen molar-refractivity contribution in [1.29, 1.82) is 0 Å². The van der Waals surface area contributed by atoms with Gasteiger partial charge in [-0.1, -0.05) is 11.6 Å². The molecule has 0 spiro atoms. The van der Waals surface area contributed by atoms with E-state index < -0.39 is 0 Å². The number of fused-ring (bicyclic) bond motifs is 1. The Morgan fingerprint density at radius 1 is 1.64 bits per heavy atom. The number of ketones is 1. The Labute approximate surface area is 69.0 Å². The van der Waals surface area contributed by atoms with Gasteiger partial charge in [-0.05, 0) is 6.92 Å². The van der Waals surface area contributed by atoms with Crippen LogP contribution in [-0.4, -0.2) is 15.3 Å². The summed E-state index contributed by atoms with van der Waals surface area (Å²) in [6, 6.07) is 0. The second-order valence-electron chi connectivity index (χ2n) is 2.64. The lowest BCUT2D eigenvalue weighted by molar-refractivity contribution is 0.0990. The number of hydrogen-bond acceptors (Lipinski definition) is 2. The van der Waals surface area contributed by atoms with E-state index in [1.807, 2.05) is 0 Å². The van der Waals surface area contributed by atoms with Gasteiger partial charge in [0.05, 0.1) is 5.69 Å². The van der Waals surface area contributed by atoms with Crippen LogP contribution < -0.4 is 0 Å². The van der Waals surface area contributed by atoms with Crippen molar-refractivity contribution in [2.75, 3.05) is 0 Å². The van der Waals surface area contributed by atoms with Crippen molar-refractivity contribution >= 4 is 17.4 Å². The van der Waals surface area contributed by atoms with Gasteiger partial charge in [-0.3, -0.25) is 4.79 Å². The Kier molecular flexibility index (Phi) is 1.29. The molecule has 2 rings (SSSR count). The number of halogens is 1. The Balaban J connectivity index is 2.66. The van der Waals surface area contributed by atoms with Gasteiger partial charge in [0.25, 0.3) is 0 Å². The van der Waals surface area contributed by atoms with E-state index in [4.69, 9.17) is 11.6 Å². The lowest BCUT2D eigenvalue weighted by Gasteiger charge is -1.93. The third kappa shape index (κ3) is 0.807. The molecule has 0 N–H and O–H groups in total. The second kappa shape index (κ2) is 2.08. The zero-order chi connectivity index (χ0) is 8.01. The number of Topliss-reactive ketones (excluding diaryl/α,β-unsaturated/α-hetero) is 1. The number of aromatic nitrogens is 2. The molecule has 0 aromatic carbocycles. The minimum absolute atomic E-state index is 0.0972. The van der Waals surface area contributed by atoms with E-state index in [1.165, 1.54) is 0 Å². The van der Waals surface area contributed by atoms with Crippen LogP contribution in [0.4, 0.5) is 0 Å². The molecule has 0 amide bonds. The van der Waals surface area contributed by atoms with E-state index >= 15 is 0 Å². The molecule has 58 valence electrons. The number of carbonyl (C=O) groups is 1. The molecule has 0 bridgehead atoms. The zero-order valence-electron chi connectivity index (χ0n) is 6.09. The Hall–Kier alpha value is -0.830. The van der Waals surface area contributed by atoms with Gasteiger partial charge < -0.3 is 4.57 Å². The van der Waals surface area contributed by atoms with Crippen molar-refractivity contribution in [3.05, 3.63) is 16.7 Å². The summed E-state index contributed by atoms with van der Waals surface area (Å²) >= 11 is 5.87. The summed E-state index contributed by atoms with van der Waals surface area (Å²) in [6.07, 6.45) is 0.544. The first-order valence-electron chi connectivity index (χ1n) is 3.46. The molecular formula is C7H7ClN2O. The van der Waals surface area contributed by atoms with Gasteiger partial charge in [-0.15, -0.1) is 0 Å². The molecule has 0 saturated heterocycles. The van der Waals surface area contributed by atoms with Crippen LogP contribution in [0.3, 0.4) is 0 Å². The fourth-order valence-electron chi connectivity index (χ4n) is 1.30. The van der Waals surface area contributed by atoms with E-state index in [0.717, 1.165) is 5.69 Å². The third-order valence-corrected chi connectivity index (χ3v) is 2.35. The zero-order valence-corrected chi connectivity index (χ0v) is 6.85. The molecule has 0 atom stereocenters. The van der Waals surface area contributed by atoms with E-state index in [9.17, 15) is 4.79 Å². The molecule has 0 aliphatic carbocycles. The predicted octanol–water partition coefficient (Wildman–Crippen LogP) is 1.43. The molecule has 0 fully saturated rings. The van der Waals surface area contributed by atoms with Gasteiger partial charge in [0.15, 0.2) is 11.6 Å². The summed E-state index contributed by atoms with van der Waals surface area (Å²) in [7, 11) is 0. The van der Waals surface area contributed by atoms with E-state index in [-0.39, 0.29) is 5.78 Å². The summed E-state index contributed by atoms with van der Waals surface area (Å²) in [5, 5.41) is 0.603. The molecule has 4 heteroatoms. The van der Waals surface area contributed by atoms with Gasteiger partial charge in [0.1, 0.15) is 5.15 Å². The minimum Gasteiger partial charge on any atom is -0.312 e. The van der Waals surface area contributed by atoms with Crippen LogP contribution in [0.25, 0.3) is 0 Å². The standard InChI is InChI=1S/C7H7ClN2O/c1-4-6(8)10-3-2-5(11)7(10)9-4/h2-3H2,1H3. The number of nitrogens with zero attached hydrogens (tertiary/aromatic N) is 2. The fraction of sp³-hybridized carbons (Fsp3) is 0.429. The van der Waals surface area contributed by atoms with E-state index in [2.05, 4.69) is 4.98 Å². The molecule has 0 saturated carbocycles. The number of carbonyl (C=O) groups excluding carboxylic acids is 1. The maximum absolute atomic E-state index is 11.1. The van der Waals surface area contributed by atoms with Crippen LogP contribution in [0.1, 0.15) is 22.7 Å². The lowest BCUT2D eigenvalue weighted by atomic mass is 10.3. The van der Waals surface area contributed by atoms with Crippen LogP contribution in [0.15, 0.2) is 0 Å². The van der Waals surface area contributed by atoms with Crippen molar-refractivity contribution in [2.45, 2.75) is 19.9 Å². The van der Waals surface area contributed by atoms with E-state index in [1.54, 1.807) is 11.5 Å². The molecule has 3 nitrogen and oxygen atoms in total. The van der Waals surface area contributed by atoms with Crippen LogP contribution in [0, 0.1) is 6.92 Å². The fourth-order valence-corrected chi connectivity index (χ4v) is 1.50. The summed E-state index contributed by atoms with van der Waals surface area (Å²) in [4.78, 5) is 15.1. The molecule has 2 heterocycles. The Morgan fingerprint density at radius 2 is 2.36 bits per heavy atom. The molecule has 1 aliphatic heterocycles. The number of hydrogen-bond donors (Lipinski definition) is 0. The van der Waals surface area contributed by atoms with Gasteiger partial charge in [-0.2, -0.15) is 0 Å². The third-order valence-electron chi connectivity index (χ3n) is 1.88. The minimum atomic E-state index is 0.0972. The molecule has 1 aliphatic rings. The van der Waals surface area contributed by atoms with Gasteiger partial charge >= 0.3 is 0 Å². The lowest BCUT2D eigenvalue weighted by Crippen LogP contribution is -1.94. The van der Waals surface area contributed by atoms with Gasteiger partial charge in [-0.25, -0.2) is 4.98 Å². The average Bonchev–Trinajstić information content (AvgIpc) is 2.43. The highest BCUT2D eigenvalue weighted by Crippen LogP contribution is 2.23. The predicted molar refractivity (Wildman–Crippen MR) is 40.9 cm³/mol. The van der Waals surface area contributed by atoms with Crippen molar-refractivity contribution in [3.8, 4) is 0 Å². The Bertz CT molecular complexity index is 329. The molecule has 0 radical (unpaired) electrons. The summed E-state index contributed by atoms with van der Waals surface area (Å²) in [5.74, 6) is 0.618. The molecule has 11 heavy (non-hydrogen) atoms. The second-order valence-corrected chi connectivity index (χ2v) is 2.99. The van der Waals surface area contributed by atoms with Crippen LogP contribution in [0.2, 0.25) is 5.15 Å². The summed E-state index contributed by atoms with van der Waals surface area (Å²) in [5.41, 5.74) is 0.745. The normalized spacial score (nSPS) is 15.6. The van der Waals surface area contributed by atoms with E-state index in [0.29, 0.717) is 23.9 Å². The molecular weight excluding hydrogens is 164 g/mol. The average molecular weight is 171 g/mol. The summed E-state index contributed by atoms with van der Waals surface area (Å²) in [6.45, 7) is 2.49.